The van der Waals surface area contributed by atoms with Crippen molar-refractivity contribution >= 4 is 27.9 Å². The summed E-state index contributed by atoms with van der Waals surface area (Å²) in [5.41, 5.74) is 1.63. The molecule has 0 fully saturated rings. The zero-order valence-electron chi connectivity index (χ0n) is 13.0. The highest BCUT2D eigenvalue weighted by Gasteiger charge is 2.36. The minimum Gasteiger partial charge on any atom is -0.463 e. The molecule has 0 aromatic heterocycles. The number of halogens is 1. The maximum atomic E-state index is 12.4. The number of allylic oxidation sites excluding steroid dienone is 1. The lowest BCUT2D eigenvalue weighted by Gasteiger charge is -2.35. The van der Waals surface area contributed by atoms with E-state index in [0.717, 1.165) is 10.0 Å². The first-order valence-electron chi connectivity index (χ1n) is 7.32. The van der Waals surface area contributed by atoms with Gasteiger partial charge in [-0.2, -0.15) is 0 Å². The molecule has 0 radical (unpaired) electrons. The van der Waals surface area contributed by atoms with Crippen LogP contribution in [-0.4, -0.2) is 41.8 Å². The van der Waals surface area contributed by atoms with Crippen LogP contribution in [-0.2, 0) is 9.53 Å². The molecule has 1 aliphatic rings. The fourth-order valence-electron chi connectivity index (χ4n) is 2.57. The van der Waals surface area contributed by atoms with Gasteiger partial charge < -0.3 is 15.2 Å². The first-order chi connectivity index (χ1) is 11.0. The molecular weight excluding hydrogens is 364 g/mol. The van der Waals surface area contributed by atoms with E-state index in [0.29, 0.717) is 11.3 Å². The molecule has 0 spiro atoms. The summed E-state index contributed by atoms with van der Waals surface area (Å²) in [5, 5.41) is 12.0. The van der Waals surface area contributed by atoms with Crippen molar-refractivity contribution in [3.05, 3.63) is 45.6 Å². The van der Waals surface area contributed by atoms with Crippen molar-refractivity contribution in [2.45, 2.75) is 19.9 Å². The van der Waals surface area contributed by atoms with Gasteiger partial charge in [0.1, 0.15) is 0 Å². The first-order valence-corrected chi connectivity index (χ1v) is 8.11. The van der Waals surface area contributed by atoms with Crippen LogP contribution in [0.4, 0.5) is 4.79 Å². The van der Waals surface area contributed by atoms with Crippen LogP contribution in [0.2, 0.25) is 0 Å². The molecule has 124 valence electrons. The summed E-state index contributed by atoms with van der Waals surface area (Å²) in [4.78, 5) is 26.1. The second-order valence-electron chi connectivity index (χ2n) is 5.00. The molecule has 1 aromatic rings. The van der Waals surface area contributed by atoms with E-state index in [1.54, 1.807) is 13.8 Å². The van der Waals surface area contributed by atoms with E-state index in [2.05, 4.69) is 21.2 Å². The van der Waals surface area contributed by atoms with Crippen molar-refractivity contribution in [2.75, 3.05) is 19.8 Å². The summed E-state index contributed by atoms with van der Waals surface area (Å²) >= 11 is 3.45. The van der Waals surface area contributed by atoms with E-state index in [1.807, 2.05) is 24.3 Å². The molecule has 2 amide bonds. The monoisotopic (exact) mass is 382 g/mol. The minimum atomic E-state index is -0.605. The van der Waals surface area contributed by atoms with Gasteiger partial charge in [-0.3, -0.25) is 4.90 Å². The predicted octanol–water partition coefficient (Wildman–Crippen LogP) is 2.34. The van der Waals surface area contributed by atoms with Gasteiger partial charge in [0.15, 0.2) is 0 Å². The summed E-state index contributed by atoms with van der Waals surface area (Å²) in [6, 6.07) is 6.42. The molecule has 0 saturated carbocycles. The summed E-state index contributed by atoms with van der Waals surface area (Å²) < 4.78 is 5.94. The molecule has 23 heavy (non-hydrogen) atoms. The van der Waals surface area contributed by atoms with Crippen molar-refractivity contribution in [1.82, 2.24) is 10.2 Å². The van der Waals surface area contributed by atoms with Gasteiger partial charge in [0.2, 0.25) is 0 Å². The molecule has 2 rings (SSSR count). The minimum absolute atomic E-state index is 0.114. The second-order valence-corrected chi connectivity index (χ2v) is 5.85. The Morgan fingerprint density at radius 2 is 2.13 bits per heavy atom. The van der Waals surface area contributed by atoms with Gasteiger partial charge in [0, 0.05) is 10.2 Å². The normalized spacial score (nSPS) is 18.0. The Balaban J connectivity index is 2.54. The van der Waals surface area contributed by atoms with Crippen LogP contribution in [0.1, 0.15) is 25.5 Å². The zero-order chi connectivity index (χ0) is 17.0. The molecule has 6 nitrogen and oxygen atoms in total. The number of hydrogen-bond donors (Lipinski definition) is 2. The topological polar surface area (TPSA) is 78.9 Å². The lowest BCUT2D eigenvalue weighted by Crippen LogP contribution is -2.48. The second kappa shape index (κ2) is 7.61. The van der Waals surface area contributed by atoms with E-state index < -0.39 is 12.0 Å². The maximum Gasteiger partial charge on any atom is 0.338 e. The Bertz CT molecular complexity index is 645. The number of nitrogens with zero attached hydrogens (tertiary/aromatic N) is 1. The summed E-state index contributed by atoms with van der Waals surface area (Å²) in [5.74, 6) is -0.478. The largest absolute Gasteiger partial charge is 0.463 e. The average molecular weight is 383 g/mol. The number of aliphatic hydroxyl groups is 1. The fraction of sp³-hybridized carbons (Fsp3) is 0.375. The van der Waals surface area contributed by atoms with Crippen molar-refractivity contribution in [3.63, 3.8) is 0 Å². The Morgan fingerprint density at radius 1 is 1.43 bits per heavy atom. The van der Waals surface area contributed by atoms with Gasteiger partial charge in [-0.1, -0.05) is 34.1 Å². The van der Waals surface area contributed by atoms with E-state index in [1.165, 1.54) is 4.90 Å². The van der Waals surface area contributed by atoms with E-state index >= 15 is 0 Å². The third kappa shape index (κ3) is 3.56. The van der Waals surface area contributed by atoms with Crippen molar-refractivity contribution < 1.29 is 19.4 Å². The maximum absolute atomic E-state index is 12.4. The summed E-state index contributed by atoms with van der Waals surface area (Å²) in [7, 11) is 0. The number of aliphatic hydroxyl groups excluding tert-OH is 1. The summed E-state index contributed by atoms with van der Waals surface area (Å²) in [6.45, 7) is 3.58. The number of carbonyl (C=O) groups is 2. The molecule has 1 heterocycles. The van der Waals surface area contributed by atoms with Gasteiger partial charge in [-0.25, -0.2) is 9.59 Å². The quantitative estimate of drug-likeness (QED) is 0.766. The fourth-order valence-corrected chi connectivity index (χ4v) is 3.08. The number of urea groups is 1. The van der Waals surface area contributed by atoms with Crippen molar-refractivity contribution in [2.24, 2.45) is 0 Å². The highest BCUT2D eigenvalue weighted by atomic mass is 79.9. The molecular formula is C16H19BrN2O4. The molecule has 0 bridgehead atoms. The number of ether oxygens (including phenoxy) is 1. The molecule has 0 saturated heterocycles. The number of hydrogen-bond acceptors (Lipinski definition) is 4. The molecule has 1 aliphatic heterocycles. The number of nitrogens with one attached hydrogen (secondary N) is 1. The van der Waals surface area contributed by atoms with Crippen LogP contribution >= 0.6 is 15.9 Å². The van der Waals surface area contributed by atoms with Crippen LogP contribution in [0.25, 0.3) is 0 Å². The van der Waals surface area contributed by atoms with E-state index in [4.69, 9.17) is 9.84 Å². The third-order valence-electron chi connectivity index (χ3n) is 3.63. The molecule has 1 unspecified atom stereocenters. The van der Waals surface area contributed by atoms with E-state index in [9.17, 15) is 9.59 Å². The number of carbonyl (C=O) groups excluding carboxylic acids is 2. The van der Waals surface area contributed by atoms with Gasteiger partial charge in [-0.05, 0) is 25.5 Å². The Labute approximate surface area is 143 Å². The third-order valence-corrected chi connectivity index (χ3v) is 4.35. The molecule has 0 aliphatic carbocycles. The number of amides is 2. The average Bonchev–Trinajstić information content (AvgIpc) is 2.51. The Kier molecular flexibility index (Phi) is 5.79. The van der Waals surface area contributed by atoms with Crippen LogP contribution in [0.15, 0.2) is 40.0 Å². The SMILES string of the molecule is CCOC(=O)C1=C(C)N(CCO)C(=O)NC1c1ccccc1Br. The lowest BCUT2D eigenvalue weighted by molar-refractivity contribution is -0.139. The first kappa shape index (κ1) is 17.5. The van der Waals surface area contributed by atoms with Gasteiger partial charge in [0.25, 0.3) is 0 Å². The van der Waals surface area contributed by atoms with E-state index in [-0.39, 0.29) is 25.8 Å². The van der Waals surface area contributed by atoms with Gasteiger partial charge in [-0.15, -0.1) is 0 Å². The predicted molar refractivity (Wildman–Crippen MR) is 88.5 cm³/mol. The number of β-amino-alcohol motifs (C(OH)–C–C–N with tert-alkyl or cyclic N) is 1. The summed E-state index contributed by atoms with van der Waals surface area (Å²) in [6.07, 6.45) is 0. The zero-order valence-corrected chi connectivity index (χ0v) is 14.6. The molecule has 1 atom stereocenters. The number of rotatable bonds is 5. The molecule has 2 N–H and O–H groups in total. The Hall–Kier alpha value is -1.86. The lowest BCUT2D eigenvalue weighted by atomic mass is 9.95. The van der Waals surface area contributed by atoms with Crippen LogP contribution in [0.3, 0.4) is 0 Å². The standard InChI is InChI=1S/C16H19BrN2O4/c1-3-23-15(21)13-10(2)19(8-9-20)16(22)18-14(13)11-6-4-5-7-12(11)17/h4-7,14,20H,3,8-9H2,1-2H3,(H,18,22). The number of esters is 1. The van der Waals surface area contributed by atoms with Crippen LogP contribution in [0.5, 0.6) is 0 Å². The van der Waals surface area contributed by atoms with Crippen molar-refractivity contribution in [1.29, 1.82) is 0 Å². The highest BCUT2D eigenvalue weighted by Crippen LogP contribution is 2.34. The van der Waals surface area contributed by atoms with Gasteiger partial charge in [0.05, 0.1) is 31.4 Å². The van der Waals surface area contributed by atoms with Crippen LogP contribution in [0, 0.1) is 0 Å². The van der Waals surface area contributed by atoms with Crippen LogP contribution < -0.4 is 5.32 Å². The van der Waals surface area contributed by atoms with Crippen molar-refractivity contribution in [3.8, 4) is 0 Å². The molecule has 7 heteroatoms. The Morgan fingerprint density at radius 3 is 2.74 bits per heavy atom. The smallest absolute Gasteiger partial charge is 0.338 e. The highest BCUT2D eigenvalue weighted by molar-refractivity contribution is 9.10. The molecule has 1 aromatic carbocycles. The van der Waals surface area contributed by atoms with Gasteiger partial charge >= 0.3 is 12.0 Å². The number of benzene rings is 1.